The molecule has 0 saturated carbocycles. The highest BCUT2D eigenvalue weighted by molar-refractivity contribution is 5.94. The Kier molecular flexibility index (Phi) is 4.90. The Balaban J connectivity index is 2.81. The van der Waals surface area contributed by atoms with Crippen molar-refractivity contribution in [3.8, 4) is 0 Å². The predicted molar refractivity (Wildman–Crippen MR) is 61.5 cm³/mol. The van der Waals surface area contributed by atoms with Crippen LogP contribution in [0.1, 0.15) is 33.1 Å². The maximum absolute atomic E-state index is 11.6. The molecular weight excluding hydrogens is 222 g/mol. The minimum absolute atomic E-state index is 0.321. The minimum atomic E-state index is -0.527. The lowest BCUT2D eigenvalue weighted by molar-refractivity contribution is -0.140. The quantitative estimate of drug-likeness (QED) is 0.592. The van der Waals surface area contributed by atoms with Crippen LogP contribution in [-0.4, -0.2) is 18.5 Å². The normalized spacial score (nSPS) is 15.4. The smallest absolute Gasteiger partial charge is 0.352 e. The molecule has 1 aliphatic carbocycles. The molecule has 0 bridgehead atoms. The highest BCUT2D eigenvalue weighted by Crippen LogP contribution is 2.28. The third-order valence-corrected chi connectivity index (χ3v) is 2.70. The Morgan fingerprint density at radius 1 is 1.35 bits per heavy atom. The lowest BCUT2D eigenvalue weighted by atomic mass is 9.90. The Labute approximate surface area is 100 Å². The zero-order chi connectivity index (χ0) is 12.8. The molecule has 0 spiro atoms. The van der Waals surface area contributed by atoms with E-state index < -0.39 is 5.97 Å². The largest absolute Gasteiger partial charge is 0.463 e. The number of ether oxygens (including phenoxy) is 1. The molecule has 0 unspecified atom stereocenters. The molecule has 5 heteroatoms. The molecule has 0 heterocycles. The van der Waals surface area contributed by atoms with Gasteiger partial charge in [0.15, 0.2) is 0 Å². The maximum atomic E-state index is 11.6. The van der Waals surface area contributed by atoms with E-state index in [9.17, 15) is 9.59 Å². The van der Waals surface area contributed by atoms with Crippen molar-refractivity contribution in [1.29, 1.82) is 0 Å². The standard InChI is InChI=1S/C12H17NO4/c1-3-8-7-9(11(14)16-4-2)5-6-10(8)12(15)17-13/h5H,3-4,6-7,13H2,1-2H3. The van der Waals surface area contributed by atoms with E-state index in [2.05, 4.69) is 4.84 Å². The number of hydrogen-bond acceptors (Lipinski definition) is 5. The van der Waals surface area contributed by atoms with Gasteiger partial charge in [-0.1, -0.05) is 18.6 Å². The number of carbonyl (C=O) groups is 2. The fraction of sp³-hybridized carbons (Fsp3) is 0.500. The molecule has 0 amide bonds. The molecule has 2 N–H and O–H groups in total. The number of nitrogens with two attached hydrogens (primary N) is 1. The van der Waals surface area contributed by atoms with Crippen molar-refractivity contribution in [3.63, 3.8) is 0 Å². The van der Waals surface area contributed by atoms with Crippen LogP contribution in [0.25, 0.3) is 0 Å². The highest BCUT2D eigenvalue weighted by atomic mass is 16.7. The molecule has 0 aromatic rings. The summed E-state index contributed by atoms with van der Waals surface area (Å²) in [6.45, 7) is 4.03. The van der Waals surface area contributed by atoms with Gasteiger partial charge in [-0.25, -0.2) is 9.59 Å². The van der Waals surface area contributed by atoms with Crippen LogP contribution in [0.15, 0.2) is 22.8 Å². The van der Waals surface area contributed by atoms with Gasteiger partial charge in [0.05, 0.1) is 6.61 Å². The first kappa shape index (κ1) is 13.4. The molecule has 0 saturated heterocycles. The number of allylic oxidation sites excluding steroid dienone is 2. The summed E-state index contributed by atoms with van der Waals surface area (Å²) in [4.78, 5) is 27.2. The first-order valence-corrected chi connectivity index (χ1v) is 5.62. The molecule has 17 heavy (non-hydrogen) atoms. The van der Waals surface area contributed by atoms with Crippen molar-refractivity contribution in [2.45, 2.75) is 33.1 Å². The summed E-state index contributed by atoms with van der Waals surface area (Å²) in [5, 5.41) is 0. The fourth-order valence-electron chi connectivity index (χ4n) is 1.79. The summed E-state index contributed by atoms with van der Waals surface area (Å²) in [7, 11) is 0. The molecule has 0 atom stereocenters. The van der Waals surface area contributed by atoms with Crippen molar-refractivity contribution < 1.29 is 19.2 Å². The van der Waals surface area contributed by atoms with E-state index in [4.69, 9.17) is 10.6 Å². The van der Waals surface area contributed by atoms with E-state index >= 15 is 0 Å². The van der Waals surface area contributed by atoms with Crippen molar-refractivity contribution in [2.75, 3.05) is 6.61 Å². The monoisotopic (exact) mass is 239 g/mol. The average Bonchev–Trinajstić information content (AvgIpc) is 2.37. The van der Waals surface area contributed by atoms with Crippen LogP contribution in [0, 0.1) is 0 Å². The zero-order valence-corrected chi connectivity index (χ0v) is 10.1. The Hall–Kier alpha value is -1.62. The van der Waals surface area contributed by atoms with Crippen LogP contribution >= 0.6 is 0 Å². The van der Waals surface area contributed by atoms with Gasteiger partial charge >= 0.3 is 11.9 Å². The van der Waals surface area contributed by atoms with Gasteiger partial charge in [0, 0.05) is 17.6 Å². The van der Waals surface area contributed by atoms with E-state index in [0.717, 1.165) is 5.57 Å². The first-order chi connectivity index (χ1) is 8.13. The summed E-state index contributed by atoms with van der Waals surface area (Å²) in [6.07, 6.45) is 3.18. The van der Waals surface area contributed by atoms with Crippen LogP contribution in [0.2, 0.25) is 0 Å². The van der Waals surface area contributed by atoms with Gasteiger partial charge < -0.3 is 9.57 Å². The molecule has 94 valence electrons. The first-order valence-electron chi connectivity index (χ1n) is 5.62. The van der Waals surface area contributed by atoms with E-state index in [1.165, 1.54) is 0 Å². The van der Waals surface area contributed by atoms with Crippen molar-refractivity contribution in [2.24, 2.45) is 5.90 Å². The number of hydrogen-bond donors (Lipinski definition) is 1. The van der Waals surface area contributed by atoms with Crippen LogP contribution in [0.4, 0.5) is 0 Å². The van der Waals surface area contributed by atoms with E-state index in [-0.39, 0.29) is 5.97 Å². The average molecular weight is 239 g/mol. The Bertz CT molecular complexity index is 382. The zero-order valence-electron chi connectivity index (χ0n) is 10.1. The topological polar surface area (TPSA) is 78.6 Å². The van der Waals surface area contributed by atoms with E-state index in [1.54, 1.807) is 13.0 Å². The minimum Gasteiger partial charge on any atom is -0.463 e. The lowest BCUT2D eigenvalue weighted by Crippen LogP contribution is -2.18. The van der Waals surface area contributed by atoms with Gasteiger partial charge in [0.1, 0.15) is 0 Å². The van der Waals surface area contributed by atoms with Gasteiger partial charge in [-0.05, 0) is 19.8 Å². The highest BCUT2D eigenvalue weighted by Gasteiger charge is 2.23. The van der Waals surface area contributed by atoms with Crippen LogP contribution in [0.3, 0.4) is 0 Å². The molecule has 0 aromatic heterocycles. The number of carbonyl (C=O) groups excluding carboxylic acids is 2. The van der Waals surface area contributed by atoms with Crippen molar-refractivity contribution in [1.82, 2.24) is 0 Å². The number of rotatable bonds is 4. The summed E-state index contributed by atoms with van der Waals surface area (Å²) < 4.78 is 4.93. The Morgan fingerprint density at radius 3 is 2.59 bits per heavy atom. The fourth-order valence-corrected chi connectivity index (χ4v) is 1.79. The molecule has 0 aliphatic heterocycles. The Morgan fingerprint density at radius 2 is 2.06 bits per heavy atom. The van der Waals surface area contributed by atoms with Gasteiger partial charge in [0.2, 0.25) is 0 Å². The third kappa shape index (κ3) is 3.17. The molecule has 5 nitrogen and oxygen atoms in total. The molecule has 1 rings (SSSR count). The maximum Gasteiger partial charge on any atom is 0.352 e. The molecular formula is C12H17NO4. The van der Waals surface area contributed by atoms with Crippen LogP contribution in [0.5, 0.6) is 0 Å². The van der Waals surface area contributed by atoms with Gasteiger partial charge in [-0.3, -0.25) is 0 Å². The molecule has 1 aliphatic rings. The molecule has 0 fully saturated rings. The molecule has 0 aromatic carbocycles. The van der Waals surface area contributed by atoms with Gasteiger partial charge in [-0.15, -0.1) is 0 Å². The van der Waals surface area contributed by atoms with E-state index in [1.807, 2.05) is 6.92 Å². The van der Waals surface area contributed by atoms with E-state index in [0.29, 0.717) is 37.0 Å². The van der Waals surface area contributed by atoms with Gasteiger partial charge in [-0.2, -0.15) is 5.90 Å². The summed E-state index contributed by atoms with van der Waals surface area (Å²) >= 11 is 0. The second-order valence-corrected chi connectivity index (χ2v) is 3.67. The van der Waals surface area contributed by atoms with Crippen molar-refractivity contribution in [3.05, 3.63) is 22.8 Å². The van der Waals surface area contributed by atoms with Crippen molar-refractivity contribution >= 4 is 11.9 Å². The number of esters is 1. The third-order valence-electron chi connectivity index (χ3n) is 2.70. The SMILES string of the molecule is CCOC(=O)C1=CCC(C(=O)ON)=C(CC)C1. The summed E-state index contributed by atoms with van der Waals surface area (Å²) in [5.41, 5.74) is 2.02. The van der Waals surface area contributed by atoms with Gasteiger partial charge in [0.25, 0.3) is 0 Å². The van der Waals surface area contributed by atoms with Crippen LogP contribution in [-0.2, 0) is 19.2 Å². The predicted octanol–water partition coefficient (Wildman–Crippen LogP) is 1.39. The second kappa shape index (κ2) is 6.20. The van der Waals surface area contributed by atoms with Crippen LogP contribution < -0.4 is 5.90 Å². The summed E-state index contributed by atoms with van der Waals surface area (Å²) in [6, 6.07) is 0. The molecule has 0 radical (unpaired) electrons. The second-order valence-electron chi connectivity index (χ2n) is 3.67. The summed E-state index contributed by atoms with van der Waals surface area (Å²) in [5.74, 6) is 4.02. The lowest BCUT2D eigenvalue weighted by Gasteiger charge is -2.17.